The van der Waals surface area contributed by atoms with E-state index in [9.17, 15) is 4.79 Å². The molecule has 0 unspecified atom stereocenters. The quantitative estimate of drug-likeness (QED) is 0.501. The second-order valence-electron chi connectivity index (χ2n) is 8.09. The number of methoxy groups -OCH3 is 1. The highest BCUT2D eigenvalue weighted by atomic mass is 35.5. The Kier molecular flexibility index (Phi) is 7.00. The van der Waals surface area contributed by atoms with Crippen LogP contribution in [0.25, 0.3) is 0 Å². The van der Waals surface area contributed by atoms with Gasteiger partial charge in [0.25, 0.3) is 5.91 Å². The van der Waals surface area contributed by atoms with Crippen LogP contribution < -0.4 is 9.47 Å². The maximum Gasteiger partial charge on any atom is 0.260 e. The van der Waals surface area contributed by atoms with Gasteiger partial charge >= 0.3 is 0 Å². The molecular weight excluding hydrogens is 428 g/mol. The molecule has 0 N–H and O–H groups in total. The predicted octanol–water partition coefficient (Wildman–Crippen LogP) is 5.02. The second kappa shape index (κ2) is 10.1. The van der Waals surface area contributed by atoms with E-state index in [-0.39, 0.29) is 18.4 Å². The number of benzene rings is 2. The van der Waals surface area contributed by atoms with Crippen molar-refractivity contribution in [2.45, 2.75) is 32.1 Å². The van der Waals surface area contributed by atoms with E-state index in [1.54, 1.807) is 13.3 Å². The minimum absolute atomic E-state index is 0.0282. The zero-order valence-corrected chi connectivity index (χ0v) is 19.1. The molecule has 2 aromatic carbocycles. The third-order valence-corrected chi connectivity index (χ3v) is 5.91. The predicted molar refractivity (Wildman–Crippen MR) is 123 cm³/mol. The molecule has 1 aliphatic heterocycles. The van der Waals surface area contributed by atoms with E-state index in [0.29, 0.717) is 41.9 Å². The molecule has 1 saturated heterocycles. The number of hydrogen-bond acceptors (Lipinski definition) is 5. The van der Waals surface area contributed by atoms with Crippen molar-refractivity contribution in [3.8, 4) is 11.5 Å². The van der Waals surface area contributed by atoms with Gasteiger partial charge in [0.05, 0.1) is 19.2 Å². The molecule has 4 rings (SSSR count). The van der Waals surface area contributed by atoms with Gasteiger partial charge in [-0.2, -0.15) is 0 Å². The Morgan fingerprint density at radius 3 is 2.81 bits per heavy atom. The first kappa shape index (κ1) is 22.2. The van der Waals surface area contributed by atoms with Crippen LogP contribution in [0.1, 0.15) is 41.5 Å². The monoisotopic (exact) mass is 454 g/mol. The standard InChI is InChI=1S/C25H27ClN2O4/c1-17-5-10-22(23(12-17)30-2)31-16-24(29)28-11-3-4-19(15-28)25-27-14-21(32-25)13-18-6-8-20(26)9-7-18/h5-10,12,14,19H,3-4,11,13,15-16H2,1-2H3/t19-/m0/s1. The topological polar surface area (TPSA) is 64.8 Å². The van der Waals surface area contributed by atoms with E-state index in [0.717, 1.165) is 29.7 Å². The summed E-state index contributed by atoms with van der Waals surface area (Å²) in [7, 11) is 1.59. The van der Waals surface area contributed by atoms with Crippen LogP contribution in [0.2, 0.25) is 5.02 Å². The lowest BCUT2D eigenvalue weighted by Crippen LogP contribution is -2.41. The lowest BCUT2D eigenvalue weighted by molar-refractivity contribution is -0.134. The van der Waals surface area contributed by atoms with Crippen molar-refractivity contribution >= 4 is 17.5 Å². The SMILES string of the molecule is COc1cc(C)ccc1OCC(=O)N1CCC[C@H](c2ncc(Cc3ccc(Cl)cc3)o2)C1. The first-order valence-electron chi connectivity index (χ1n) is 10.8. The molecule has 168 valence electrons. The summed E-state index contributed by atoms with van der Waals surface area (Å²) < 4.78 is 17.1. The molecule has 7 heteroatoms. The fourth-order valence-corrected chi connectivity index (χ4v) is 4.05. The maximum atomic E-state index is 12.8. The van der Waals surface area contributed by atoms with Gasteiger partial charge in [0.1, 0.15) is 5.76 Å². The Labute approximate surface area is 193 Å². The Bertz CT molecular complexity index is 1060. The molecule has 0 aliphatic carbocycles. The number of nitrogens with zero attached hydrogens (tertiary/aromatic N) is 2. The zero-order valence-electron chi connectivity index (χ0n) is 18.3. The highest BCUT2D eigenvalue weighted by Crippen LogP contribution is 2.29. The van der Waals surface area contributed by atoms with Crippen molar-refractivity contribution in [1.82, 2.24) is 9.88 Å². The van der Waals surface area contributed by atoms with E-state index in [1.165, 1.54) is 0 Å². The lowest BCUT2D eigenvalue weighted by Gasteiger charge is -2.31. The van der Waals surface area contributed by atoms with E-state index in [4.69, 9.17) is 25.5 Å². The molecule has 0 saturated carbocycles. The number of aryl methyl sites for hydroxylation is 1. The summed E-state index contributed by atoms with van der Waals surface area (Å²) in [5, 5.41) is 0.712. The molecule has 3 aromatic rings. The van der Waals surface area contributed by atoms with Gasteiger partial charge in [-0.3, -0.25) is 4.79 Å². The number of halogens is 1. The molecule has 0 radical (unpaired) electrons. The van der Waals surface area contributed by atoms with Crippen molar-refractivity contribution < 1.29 is 18.7 Å². The highest BCUT2D eigenvalue weighted by molar-refractivity contribution is 6.30. The number of carbonyl (C=O) groups excluding carboxylic acids is 1. The van der Waals surface area contributed by atoms with Gasteiger partial charge in [-0.15, -0.1) is 0 Å². The minimum Gasteiger partial charge on any atom is -0.493 e. The Morgan fingerprint density at radius 1 is 1.22 bits per heavy atom. The van der Waals surface area contributed by atoms with Crippen LogP contribution in [-0.2, 0) is 11.2 Å². The van der Waals surface area contributed by atoms with Gasteiger partial charge in [-0.1, -0.05) is 29.8 Å². The van der Waals surface area contributed by atoms with Crippen LogP contribution in [0.15, 0.2) is 53.1 Å². The molecule has 1 aromatic heterocycles. The zero-order chi connectivity index (χ0) is 22.5. The van der Waals surface area contributed by atoms with Crippen molar-refractivity contribution in [2.75, 3.05) is 26.8 Å². The van der Waals surface area contributed by atoms with E-state index in [2.05, 4.69) is 4.98 Å². The summed E-state index contributed by atoms with van der Waals surface area (Å²) in [6, 6.07) is 13.4. The van der Waals surface area contributed by atoms with Crippen molar-refractivity contribution in [3.05, 3.63) is 76.5 Å². The van der Waals surface area contributed by atoms with E-state index in [1.807, 2.05) is 54.3 Å². The van der Waals surface area contributed by atoms with E-state index < -0.39 is 0 Å². The van der Waals surface area contributed by atoms with Gasteiger partial charge in [0.15, 0.2) is 24.0 Å². The molecule has 0 bridgehead atoms. The van der Waals surface area contributed by atoms with Crippen LogP contribution in [0, 0.1) is 6.92 Å². The average molecular weight is 455 g/mol. The summed E-state index contributed by atoms with van der Waals surface area (Å²) in [5.41, 5.74) is 2.18. The lowest BCUT2D eigenvalue weighted by atomic mass is 9.98. The number of hydrogen-bond donors (Lipinski definition) is 0. The number of carbonyl (C=O) groups is 1. The molecule has 6 nitrogen and oxygen atoms in total. The molecule has 1 fully saturated rings. The van der Waals surface area contributed by atoms with Gasteiger partial charge in [0.2, 0.25) is 0 Å². The molecule has 2 heterocycles. The third kappa shape index (κ3) is 5.43. The van der Waals surface area contributed by atoms with Gasteiger partial charge in [-0.25, -0.2) is 4.98 Å². The molecular formula is C25H27ClN2O4. The maximum absolute atomic E-state index is 12.8. The number of ether oxygens (including phenoxy) is 2. The van der Waals surface area contributed by atoms with Crippen LogP contribution in [0.3, 0.4) is 0 Å². The van der Waals surface area contributed by atoms with Crippen molar-refractivity contribution in [3.63, 3.8) is 0 Å². The molecule has 0 spiro atoms. The summed E-state index contributed by atoms with van der Waals surface area (Å²) in [6.07, 6.45) is 4.28. The highest BCUT2D eigenvalue weighted by Gasteiger charge is 2.28. The summed E-state index contributed by atoms with van der Waals surface area (Å²) in [4.78, 5) is 19.1. The smallest absolute Gasteiger partial charge is 0.260 e. The Morgan fingerprint density at radius 2 is 2.03 bits per heavy atom. The summed E-state index contributed by atoms with van der Waals surface area (Å²) in [6.45, 7) is 3.24. The Balaban J connectivity index is 1.34. The number of rotatable bonds is 7. The van der Waals surface area contributed by atoms with Gasteiger partial charge in [0, 0.05) is 24.5 Å². The minimum atomic E-state index is -0.0507. The van der Waals surface area contributed by atoms with Crippen LogP contribution in [0.4, 0.5) is 0 Å². The Hall–Kier alpha value is -2.99. The first-order chi connectivity index (χ1) is 15.5. The fraction of sp³-hybridized carbons (Fsp3) is 0.360. The van der Waals surface area contributed by atoms with Gasteiger partial charge in [-0.05, 0) is 55.2 Å². The molecule has 1 atom stereocenters. The number of likely N-dealkylation sites (tertiary alicyclic amines) is 1. The van der Waals surface area contributed by atoms with Gasteiger partial charge < -0.3 is 18.8 Å². The van der Waals surface area contributed by atoms with E-state index >= 15 is 0 Å². The number of oxazole rings is 1. The summed E-state index contributed by atoms with van der Waals surface area (Å²) >= 11 is 5.95. The molecule has 1 amide bonds. The third-order valence-electron chi connectivity index (χ3n) is 5.66. The molecule has 32 heavy (non-hydrogen) atoms. The molecule has 1 aliphatic rings. The number of amides is 1. The van der Waals surface area contributed by atoms with Crippen LogP contribution in [0.5, 0.6) is 11.5 Å². The van der Waals surface area contributed by atoms with Crippen molar-refractivity contribution in [2.24, 2.45) is 0 Å². The number of piperidine rings is 1. The summed E-state index contributed by atoms with van der Waals surface area (Å²) in [5.74, 6) is 2.72. The normalized spacial score (nSPS) is 16.1. The average Bonchev–Trinajstić information content (AvgIpc) is 3.28. The van der Waals surface area contributed by atoms with Crippen LogP contribution in [-0.4, -0.2) is 42.6 Å². The largest absolute Gasteiger partial charge is 0.493 e. The second-order valence-corrected chi connectivity index (χ2v) is 8.53. The van der Waals surface area contributed by atoms with Crippen LogP contribution >= 0.6 is 11.6 Å². The fourth-order valence-electron chi connectivity index (χ4n) is 3.93. The van der Waals surface area contributed by atoms with Crippen molar-refractivity contribution in [1.29, 1.82) is 0 Å². The first-order valence-corrected chi connectivity index (χ1v) is 11.1. The number of aromatic nitrogens is 1.